The fourth-order valence-corrected chi connectivity index (χ4v) is 10.6. The van der Waals surface area contributed by atoms with Crippen molar-refractivity contribution in [3.8, 4) is 0 Å². The lowest BCUT2D eigenvalue weighted by molar-refractivity contribution is -0.143. The predicted octanol–water partition coefficient (Wildman–Crippen LogP) is 3.72. The highest BCUT2D eigenvalue weighted by molar-refractivity contribution is 7.01. The molecule has 0 fully saturated rings. The van der Waals surface area contributed by atoms with E-state index in [9.17, 15) is 4.79 Å². The number of benzene rings is 1. The van der Waals surface area contributed by atoms with Crippen LogP contribution in [0.4, 0.5) is 0 Å². The maximum absolute atomic E-state index is 12.8. The Morgan fingerprint density at radius 2 is 1.67 bits per heavy atom. The molecule has 1 aliphatic rings. The average Bonchev–Trinajstić information content (AvgIpc) is 3.17. The van der Waals surface area contributed by atoms with Gasteiger partial charge >= 0.3 is 5.97 Å². The number of esters is 1. The van der Waals surface area contributed by atoms with Gasteiger partial charge in [-0.25, -0.2) is 0 Å². The van der Waals surface area contributed by atoms with E-state index in [1.807, 2.05) is 13.0 Å². The van der Waals surface area contributed by atoms with Gasteiger partial charge in [0.1, 0.15) is 8.07 Å². The second-order valence-electron chi connectivity index (χ2n) is 7.33. The summed E-state index contributed by atoms with van der Waals surface area (Å²) in [7, 11) is -3.50. The third-order valence-electron chi connectivity index (χ3n) is 4.59. The molecule has 0 saturated carbocycles. The van der Waals surface area contributed by atoms with Gasteiger partial charge in [0.25, 0.3) is 0 Å². The smallest absolute Gasteiger partial charge is 0.317 e. The first-order valence-electron chi connectivity index (χ1n) is 7.64. The van der Waals surface area contributed by atoms with Crippen LogP contribution in [0.5, 0.6) is 0 Å². The molecule has 0 spiro atoms. The molecule has 0 amide bonds. The van der Waals surface area contributed by atoms with Crippen molar-refractivity contribution in [1.29, 1.82) is 0 Å². The maximum atomic E-state index is 12.8. The fraction of sp³-hybridized carbons (Fsp3) is 0.471. The monoisotopic (exact) mass is 318 g/mol. The number of carbonyl (C=O) groups is 1. The molecule has 1 atom stereocenters. The van der Waals surface area contributed by atoms with Crippen molar-refractivity contribution < 1.29 is 9.53 Å². The Morgan fingerprint density at radius 3 is 2.10 bits per heavy atom. The van der Waals surface area contributed by atoms with E-state index in [1.165, 1.54) is 10.4 Å². The van der Waals surface area contributed by atoms with Crippen LogP contribution >= 0.6 is 0 Å². The van der Waals surface area contributed by atoms with E-state index in [2.05, 4.69) is 63.1 Å². The summed E-state index contributed by atoms with van der Waals surface area (Å²) in [5, 5.41) is 2.30. The van der Waals surface area contributed by atoms with Crippen molar-refractivity contribution in [2.24, 2.45) is 0 Å². The fourth-order valence-electron chi connectivity index (χ4n) is 3.26. The summed E-state index contributed by atoms with van der Waals surface area (Å²) in [6.45, 7) is 13.9. The molecule has 0 radical (unpaired) electrons. The molecule has 2 rings (SSSR count). The van der Waals surface area contributed by atoms with Gasteiger partial charge in [0.05, 0.1) is 19.7 Å². The minimum absolute atomic E-state index is 0.0251. The minimum Gasteiger partial charge on any atom is -0.465 e. The van der Waals surface area contributed by atoms with E-state index in [1.54, 1.807) is 0 Å². The lowest BCUT2D eigenvalue weighted by Crippen LogP contribution is -2.53. The second kappa shape index (κ2) is 5.25. The lowest BCUT2D eigenvalue weighted by atomic mass is 10.3. The van der Waals surface area contributed by atoms with Crippen molar-refractivity contribution in [3.05, 3.63) is 41.6 Å². The zero-order chi connectivity index (χ0) is 15.9. The van der Waals surface area contributed by atoms with Crippen LogP contribution in [0.1, 0.15) is 6.92 Å². The highest BCUT2D eigenvalue weighted by atomic mass is 28.3. The quantitative estimate of drug-likeness (QED) is 0.611. The van der Waals surface area contributed by atoms with E-state index >= 15 is 0 Å². The van der Waals surface area contributed by atoms with E-state index in [0.717, 1.165) is 0 Å². The topological polar surface area (TPSA) is 26.3 Å². The summed E-state index contributed by atoms with van der Waals surface area (Å²) in [4.78, 5) is 12.8. The van der Waals surface area contributed by atoms with Gasteiger partial charge in [-0.3, -0.25) is 4.79 Å². The van der Waals surface area contributed by atoms with Crippen LogP contribution in [0.3, 0.4) is 0 Å². The molecule has 0 aromatic heterocycles. The molecule has 0 saturated heterocycles. The molecule has 1 unspecified atom stereocenters. The average molecular weight is 319 g/mol. The van der Waals surface area contributed by atoms with Gasteiger partial charge in [-0.1, -0.05) is 79.5 Å². The molecule has 0 N–H and O–H groups in total. The predicted molar refractivity (Wildman–Crippen MR) is 94.3 cm³/mol. The summed E-state index contributed by atoms with van der Waals surface area (Å²) in [6.07, 6.45) is 2.23. The summed E-state index contributed by atoms with van der Waals surface area (Å²) < 4.78 is 5.47. The highest BCUT2D eigenvalue weighted by Gasteiger charge is 2.65. The van der Waals surface area contributed by atoms with Crippen molar-refractivity contribution in [2.45, 2.75) is 44.7 Å². The second-order valence-corrected chi connectivity index (χ2v) is 17.0. The van der Waals surface area contributed by atoms with E-state index in [0.29, 0.717) is 6.61 Å². The molecule has 1 aromatic carbocycles. The van der Waals surface area contributed by atoms with E-state index < -0.39 is 21.2 Å². The SMILES string of the molecule is CCOC(=O)C1([Si](C)(C)c2ccccc2)C=C1[Si](C)(C)C. The maximum Gasteiger partial charge on any atom is 0.317 e. The number of hydrogen-bond acceptors (Lipinski definition) is 2. The number of carbonyl (C=O) groups excluding carboxylic acids is 1. The molecule has 2 nitrogen and oxygen atoms in total. The van der Waals surface area contributed by atoms with E-state index in [4.69, 9.17) is 4.74 Å². The molecule has 0 heterocycles. The summed E-state index contributed by atoms with van der Waals surface area (Å²) in [5.41, 5.74) is 0. The Labute approximate surface area is 130 Å². The zero-order valence-electron chi connectivity index (χ0n) is 14.0. The Balaban J connectivity index is 2.46. The number of rotatable bonds is 5. The molecule has 4 heteroatoms. The van der Waals surface area contributed by atoms with Crippen LogP contribution < -0.4 is 5.19 Å². The summed E-state index contributed by atoms with van der Waals surface area (Å²) in [6, 6.07) is 10.5. The molecular weight excluding hydrogens is 292 g/mol. The van der Waals surface area contributed by atoms with Crippen LogP contribution in [-0.2, 0) is 9.53 Å². The molecule has 1 aliphatic carbocycles. The lowest BCUT2D eigenvalue weighted by Gasteiger charge is -2.36. The van der Waals surface area contributed by atoms with Crippen LogP contribution in [0.15, 0.2) is 41.6 Å². The van der Waals surface area contributed by atoms with Crippen molar-refractivity contribution in [2.75, 3.05) is 6.61 Å². The van der Waals surface area contributed by atoms with Gasteiger partial charge in [-0.2, -0.15) is 0 Å². The minimum atomic E-state index is -2.00. The summed E-state index contributed by atoms with van der Waals surface area (Å²) >= 11 is 0. The third-order valence-corrected chi connectivity index (χ3v) is 11.4. The Hall–Kier alpha value is -1.14. The molecule has 0 aliphatic heterocycles. The standard InChI is InChI=1S/C17H26O2Si2/c1-7-19-16(18)17(13-15(17)20(2,3)4)21(5,6)14-11-9-8-10-12-14/h8-13H,7H2,1-6H3. The molecule has 21 heavy (non-hydrogen) atoms. The number of ether oxygens (including phenoxy) is 1. The molecule has 114 valence electrons. The highest BCUT2D eigenvalue weighted by Crippen LogP contribution is 2.62. The number of hydrogen-bond donors (Lipinski definition) is 0. The third kappa shape index (κ3) is 2.55. The van der Waals surface area contributed by atoms with Crippen LogP contribution in [0.2, 0.25) is 37.8 Å². The largest absolute Gasteiger partial charge is 0.465 e. The normalized spacial score (nSPS) is 21.7. The van der Waals surface area contributed by atoms with Crippen LogP contribution in [0, 0.1) is 0 Å². The summed E-state index contributed by atoms with van der Waals surface area (Å²) in [5.74, 6) is -0.0251. The van der Waals surface area contributed by atoms with Gasteiger partial charge < -0.3 is 4.74 Å². The van der Waals surface area contributed by atoms with E-state index in [-0.39, 0.29) is 5.97 Å². The van der Waals surface area contributed by atoms with Crippen molar-refractivity contribution in [3.63, 3.8) is 0 Å². The molecule has 0 bridgehead atoms. The first-order valence-corrected chi connectivity index (χ1v) is 14.1. The van der Waals surface area contributed by atoms with Gasteiger partial charge in [0, 0.05) is 0 Å². The Bertz CT molecular complexity index is 570. The van der Waals surface area contributed by atoms with Crippen LogP contribution in [-0.4, -0.2) is 28.7 Å². The first-order chi connectivity index (χ1) is 9.68. The Morgan fingerprint density at radius 1 is 1.10 bits per heavy atom. The first kappa shape index (κ1) is 16.2. The van der Waals surface area contributed by atoms with Gasteiger partial charge in [0.15, 0.2) is 0 Å². The van der Waals surface area contributed by atoms with Crippen molar-refractivity contribution >= 4 is 27.3 Å². The zero-order valence-corrected chi connectivity index (χ0v) is 16.0. The van der Waals surface area contributed by atoms with Crippen LogP contribution in [0.25, 0.3) is 0 Å². The van der Waals surface area contributed by atoms with Gasteiger partial charge in [0.2, 0.25) is 0 Å². The Kier molecular flexibility index (Phi) is 4.06. The molecular formula is C17H26O2Si2. The van der Waals surface area contributed by atoms with Crippen molar-refractivity contribution in [1.82, 2.24) is 0 Å². The van der Waals surface area contributed by atoms with Gasteiger partial charge in [-0.05, 0) is 6.92 Å². The van der Waals surface area contributed by atoms with Gasteiger partial charge in [-0.15, -0.1) is 0 Å². The molecule has 1 aromatic rings.